The summed E-state index contributed by atoms with van der Waals surface area (Å²) in [7, 11) is 2.02. The largest absolute Gasteiger partial charge is 0.477 e. The molecule has 3 aromatic rings. The van der Waals surface area contributed by atoms with Crippen molar-refractivity contribution in [2.75, 3.05) is 38.1 Å². The van der Waals surface area contributed by atoms with Crippen LogP contribution in [-0.4, -0.2) is 53.6 Å². The minimum atomic E-state index is -1.38. The van der Waals surface area contributed by atoms with Crippen LogP contribution in [0.2, 0.25) is 0 Å². The average Bonchev–Trinajstić information content (AvgIpc) is 2.71. The Morgan fingerprint density at radius 1 is 1.14 bits per heavy atom. The Bertz CT molecular complexity index is 1230. The van der Waals surface area contributed by atoms with E-state index in [9.17, 15) is 14.7 Å². The summed E-state index contributed by atoms with van der Waals surface area (Å²) in [6.45, 7) is 2.87. The molecule has 2 aliphatic heterocycles. The number of aromatic carboxylic acids is 1. The predicted octanol–water partition coefficient (Wildman–Crippen LogP) is 2.66. The van der Waals surface area contributed by atoms with Crippen LogP contribution in [0, 0.1) is 5.82 Å². The number of benzene rings is 1. The van der Waals surface area contributed by atoms with E-state index < -0.39 is 22.9 Å². The molecular formula is C21H18FN3O4. The lowest BCUT2D eigenvalue weighted by Crippen LogP contribution is -2.45. The van der Waals surface area contributed by atoms with Crippen LogP contribution in [-0.2, 0) is 0 Å². The summed E-state index contributed by atoms with van der Waals surface area (Å²) in [5.41, 5.74) is 0.777. The van der Waals surface area contributed by atoms with Crippen molar-refractivity contribution in [1.82, 2.24) is 9.30 Å². The van der Waals surface area contributed by atoms with Gasteiger partial charge in [-0.1, -0.05) is 18.2 Å². The van der Waals surface area contributed by atoms with E-state index >= 15 is 4.39 Å². The quantitative estimate of drug-likeness (QED) is 0.563. The second-order valence-corrected chi connectivity index (χ2v) is 7.34. The lowest BCUT2D eigenvalue weighted by molar-refractivity contribution is 0.0694. The smallest absolute Gasteiger partial charge is 0.341 e. The molecule has 1 saturated heterocycles. The summed E-state index contributed by atoms with van der Waals surface area (Å²) in [5, 5.41) is 9.40. The monoisotopic (exact) mass is 395 g/mol. The Labute approximate surface area is 165 Å². The van der Waals surface area contributed by atoms with Crippen molar-refractivity contribution in [3.63, 3.8) is 0 Å². The molecule has 4 heterocycles. The van der Waals surface area contributed by atoms with Gasteiger partial charge in [0.1, 0.15) is 16.8 Å². The fourth-order valence-electron chi connectivity index (χ4n) is 4.09. The number of aromatic nitrogens is 1. The molecule has 5 rings (SSSR count). The fraction of sp³-hybridized carbons (Fsp3) is 0.238. The van der Waals surface area contributed by atoms with Gasteiger partial charge in [-0.3, -0.25) is 9.20 Å². The van der Waals surface area contributed by atoms with Gasteiger partial charge in [0.05, 0.1) is 11.9 Å². The molecule has 0 aliphatic carbocycles. The molecule has 0 spiro atoms. The van der Waals surface area contributed by atoms with E-state index in [4.69, 9.17) is 4.74 Å². The van der Waals surface area contributed by atoms with Crippen LogP contribution in [0.1, 0.15) is 10.4 Å². The number of halogens is 1. The number of rotatable bonds is 2. The number of piperazine rings is 1. The van der Waals surface area contributed by atoms with Gasteiger partial charge in [-0.15, -0.1) is 0 Å². The number of hydrogen-bond donors (Lipinski definition) is 1. The molecule has 0 amide bonds. The van der Waals surface area contributed by atoms with Gasteiger partial charge in [-0.05, 0) is 13.1 Å². The lowest BCUT2D eigenvalue weighted by atomic mass is 9.97. The zero-order chi connectivity index (χ0) is 20.3. The zero-order valence-corrected chi connectivity index (χ0v) is 15.7. The molecule has 2 aliphatic rings. The first-order valence-electron chi connectivity index (χ1n) is 9.31. The highest BCUT2D eigenvalue weighted by Gasteiger charge is 2.31. The topological polar surface area (TPSA) is 74.5 Å². The highest BCUT2D eigenvalue weighted by atomic mass is 19.1. The minimum Gasteiger partial charge on any atom is -0.477 e. The van der Waals surface area contributed by atoms with Crippen LogP contribution in [0.25, 0.3) is 16.6 Å². The van der Waals surface area contributed by atoms with E-state index in [0.29, 0.717) is 41.2 Å². The van der Waals surface area contributed by atoms with Gasteiger partial charge in [0.2, 0.25) is 0 Å². The van der Waals surface area contributed by atoms with Crippen molar-refractivity contribution < 1.29 is 19.0 Å². The summed E-state index contributed by atoms with van der Waals surface area (Å²) in [6, 6.07) is 8.42. The van der Waals surface area contributed by atoms with E-state index in [1.807, 2.05) is 24.1 Å². The van der Waals surface area contributed by atoms with Crippen molar-refractivity contribution in [1.29, 1.82) is 0 Å². The van der Waals surface area contributed by atoms with Crippen LogP contribution >= 0.6 is 0 Å². The van der Waals surface area contributed by atoms with Gasteiger partial charge in [-0.2, -0.15) is 0 Å². The van der Waals surface area contributed by atoms with Gasteiger partial charge >= 0.3 is 5.97 Å². The number of anilines is 1. The van der Waals surface area contributed by atoms with Gasteiger partial charge in [-0.25, -0.2) is 9.18 Å². The molecule has 0 bridgehead atoms. The zero-order valence-electron chi connectivity index (χ0n) is 15.7. The molecule has 0 radical (unpaired) electrons. The lowest BCUT2D eigenvalue weighted by Gasteiger charge is -2.36. The highest BCUT2D eigenvalue weighted by Crippen LogP contribution is 2.49. The molecule has 148 valence electrons. The highest BCUT2D eigenvalue weighted by molar-refractivity contribution is 6.00. The Morgan fingerprint density at radius 3 is 2.59 bits per heavy atom. The Morgan fingerprint density at radius 2 is 1.86 bits per heavy atom. The second-order valence-electron chi connectivity index (χ2n) is 7.34. The summed E-state index contributed by atoms with van der Waals surface area (Å²) in [6.07, 6.45) is 1.07. The van der Waals surface area contributed by atoms with Crippen molar-refractivity contribution >= 4 is 17.2 Å². The molecule has 0 unspecified atom stereocenters. The molecule has 0 saturated carbocycles. The average molecular weight is 395 g/mol. The number of hydrogen-bond acceptors (Lipinski definition) is 5. The number of ether oxygens (including phenoxy) is 1. The van der Waals surface area contributed by atoms with Crippen molar-refractivity contribution in [3.05, 3.63) is 58.3 Å². The van der Waals surface area contributed by atoms with E-state index in [0.717, 1.165) is 23.7 Å². The van der Waals surface area contributed by atoms with E-state index in [-0.39, 0.29) is 5.75 Å². The molecule has 29 heavy (non-hydrogen) atoms. The number of likely N-dealkylation sites (N-methyl/N-ethyl adjacent to an activating group) is 1. The molecule has 8 heteroatoms. The third kappa shape index (κ3) is 2.60. The maximum Gasteiger partial charge on any atom is 0.341 e. The molecule has 1 aromatic carbocycles. The van der Waals surface area contributed by atoms with E-state index in [2.05, 4.69) is 4.90 Å². The van der Waals surface area contributed by atoms with Crippen LogP contribution in [0.4, 0.5) is 10.1 Å². The Balaban J connectivity index is 1.89. The standard InChI is InChI=1S/C21H18FN3O4/c1-23-6-8-24(9-7-23)18-14(22)11-25-19-16(10-13(20(25)26)21(27)28)29-15-5-3-2-4-12(15)17(18)19/h2-5,10-11H,6-9H2,1H3,(H,27,28). The van der Waals surface area contributed by atoms with Gasteiger partial charge < -0.3 is 19.6 Å². The van der Waals surface area contributed by atoms with Crippen molar-refractivity contribution in [3.8, 4) is 22.6 Å². The van der Waals surface area contributed by atoms with Gasteiger partial charge in [0.15, 0.2) is 11.6 Å². The number of para-hydroxylation sites is 1. The molecule has 1 fully saturated rings. The van der Waals surface area contributed by atoms with E-state index in [1.165, 1.54) is 6.07 Å². The maximum atomic E-state index is 15.4. The first-order chi connectivity index (χ1) is 14.0. The summed E-state index contributed by atoms with van der Waals surface area (Å²) in [4.78, 5) is 28.4. The Kier molecular flexibility index (Phi) is 3.85. The number of nitrogens with zero attached hydrogens (tertiary/aromatic N) is 3. The normalized spacial score (nSPS) is 15.9. The summed E-state index contributed by atoms with van der Waals surface area (Å²) >= 11 is 0. The first kappa shape index (κ1) is 17.7. The van der Waals surface area contributed by atoms with Crippen LogP contribution in [0.15, 0.2) is 41.3 Å². The number of carboxylic acid groups (broad SMARTS) is 1. The predicted molar refractivity (Wildman–Crippen MR) is 106 cm³/mol. The molecular weight excluding hydrogens is 377 g/mol. The summed E-state index contributed by atoms with van der Waals surface area (Å²) in [5.74, 6) is -1.22. The van der Waals surface area contributed by atoms with Crippen molar-refractivity contribution in [2.24, 2.45) is 0 Å². The first-order valence-corrected chi connectivity index (χ1v) is 9.31. The third-order valence-corrected chi connectivity index (χ3v) is 5.57. The SMILES string of the molecule is CN1CCN(c2c(F)cn3c(=O)c(C(=O)O)cc4c3c2-c2ccccc2O4)CC1. The van der Waals surface area contributed by atoms with Crippen LogP contribution < -0.4 is 15.2 Å². The van der Waals surface area contributed by atoms with Crippen molar-refractivity contribution in [2.45, 2.75) is 0 Å². The fourth-order valence-corrected chi connectivity index (χ4v) is 4.09. The van der Waals surface area contributed by atoms with Gasteiger partial charge in [0, 0.05) is 43.4 Å². The second kappa shape index (κ2) is 6.31. The number of pyridine rings is 2. The number of carbonyl (C=O) groups is 1. The minimum absolute atomic E-state index is 0.228. The Hall–Kier alpha value is -3.39. The number of carboxylic acids is 1. The number of fused-ring (bicyclic) bond motifs is 2. The van der Waals surface area contributed by atoms with Crippen LogP contribution in [0.5, 0.6) is 11.5 Å². The molecule has 1 N–H and O–H groups in total. The summed E-state index contributed by atoms with van der Waals surface area (Å²) < 4.78 is 22.4. The third-order valence-electron chi connectivity index (χ3n) is 5.57. The van der Waals surface area contributed by atoms with Gasteiger partial charge in [0.25, 0.3) is 5.56 Å². The molecule has 2 aromatic heterocycles. The van der Waals surface area contributed by atoms with Crippen LogP contribution in [0.3, 0.4) is 0 Å². The molecule has 0 atom stereocenters. The molecule has 7 nitrogen and oxygen atoms in total. The van der Waals surface area contributed by atoms with E-state index in [1.54, 1.807) is 12.1 Å². The maximum absolute atomic E-state index is 15.4.